The van der Waals surface area contributed by atoms with Gasteiger partial charge in [-0.05, 0) is 71.4 Å². The Balaban J connectivity index is 0.883. The Hall–Kier alpha value is -10.6. The van der Waals surface area contributed by atoms with Crippen LogP contribution in [0.15, 0.2) is 237 Å². The molecule has 0 spiro atoms. The standard InChI is InChI=1S/C62H44N6O9/c69-57-49(58(70)66(44-21-7-2-8-22-44)61(73)65(57)43-19-5-1-6-20-43)31-35-53-63(51-33-29-41-17-13-15-27-47(41)55(51)76-53)37-39-75-40-38-64-52-34-30-42-18-14-16-28-48(42)56(52)77-54(64)36-32-50-59(71)67(45-23-9-3-10-24-45)62(74)68(60(50)72)46-25-11-4-12-26-46/h1-34,69,71H,37-40H2. The number of hydrogen-bond acceptors (Lipinski definition) is 11. The predicted octanol–water partition coefficient (Wildman–Crippen LogP) is 9.43. The van der Waals surface area contributed by atoms with E-state index < -0.39 is 34.3 Å². The van der Waals surface area contributed by atoms with E-state index in [9.17, 15) is 29.4 Å². The van der Waals surface area contributed by atoms with Crippen molar-refractivity contribution in [3.05, 3.63) is 270 Å². The van der Waals surface area contributed by atoms with E-state index in [1.165, 1.54) is 12.2 Å². The topological polar surface area (TPSA) is 163 Å². The summed E-state index contributed by atoms with van der Waals surface area (Å²) >= 11 is 0. The quantitative estimate of drug-likeness (QED) is 0.0886. The Labute approximate surface area is 438 Å². The van der Waals surface area contributed by atoms with Crippen LogP contribution in [0, 0.1) is 0 Å². The highest BCUT2D eigenvalue weighted by atomic mass is 16.5. The van der Waals surface area contributed by atoms with Crippen molar-refractivity contribution in [2.75, 3.05) is 36.1 Å². The Morgan fingerprint density at radius 2 is 0.753 bits per heavy atom. The average Bonchev–Trinajstić information content (AvgIpc) is 4.04. The van der Waals surface area contributed by atoms with Crippen LogP contribution in [0.3, 0.4) is 0 Å². The fraction of sp³-hybridized carbons (Fsp3) is 0.0645. The molecule has 2 aromatic heterocycles. The van der Waals surface area contributed by atoms with Crippen LogP contribution in [0.5, 0.6) is 23.3 Å². The first-order chi connectivity index (χ1) is 37.7. The van der Waals surface area contributed by atoms with Gasteiger partial charge in [0.2, 0.25) is 23.5 Å². The zero-order valence-electron chi connectivity index (χ0n) is 40.9. The van der Waals surface area contributed by atoms with E-state index in [0.717, 1.165) is 51.2 Å². The Kier molecular flexibility index (Phi) is 12.3. The van der Waals surface area contributed by atoms with E-state index >= 15 is 0 Å². The van der Waals surface area contributed by atoms with E-state index in [-0.39, 0.29) is 49.2 Å². The molecule has 0 unspecified atom stereocenters. The summed E-state index contributed by atoms with van der Waals surface area (Å²) in [5.74, 6) is 0.449. The van der Waals surface area contributed by atoms with Gasteiger partial charge < -0.3 is 24.4 Å². The molecular weight excluding hydrogens is 973 g/mol. The molecule has 8 aromatic carbocycles. The van der Waals surface area contributed by atoms with Crippen LogP contribution < -0.4 is 41.8 Å². The molecule has 0 fully saturated rings. The third-order valence-corrected chi connectivity index (χ3v) is 13.4. The summed E-state index contributed by atoms with van der Waals surface area (Å²) in [4.78, 5) is 60.3. The molecule has 4 heterocycles. The maximum absolute atomic E-state index is 14.3. The molecule has 2 aliphatic heterocycles. The number of hydrogen-bond donors (Lipinski definition) is 2. The molecule has 2 aliphatic rings. The van der Waals surface area contributed by atoms with Crippen molar-refractivity contribution >= 4 is 45.1 Å². The fourth-order valence-electron chi connectivity index (χ4n) is 9.67. The van der Waals surface area contributed by atoms with Crippen LogP contribution >= 0.6 is 0 Å². The van der Waals surface area contributed by atoms with Crippen LogP contribution in [0.25, 0.3) is 56.4 Å². The summed E-state index contributed by atoms with van der Waals surface area (Å²) in [6.07, 6.45) is 2.66. The number of para-hydroxylation sites is 4. The molecule has 376 valence electrons. The maximum Gasteiger partial charge on any atom is 0.343 e. The van der Waals surface area contributed by atoms with Crippen LogP contribution in [-0.4, -0.2) is 54.8 Å². The van der Waals surface area contributed by atoms with Gasteiger partial charge in [-0.3, -0.25) is 19.4 Å². The SMILES string of the molecule is O=c1c(C=C=C2Oc3c(ccc4ccccc34)N2CCOCCN2C(=C=Cc3c(O)n(-c4ccccc4)c(=O)n(-c4ccccc4)c3=O)Oc3c2ccc2ccccc32)c(O)n(-c2ccccc2)c(=O)n1-c1ccccc1. The van der Waals surface area contributed by atoms with E-state index in [2.05, 4.69) is 11.5 Å². The molecule has 77 heavy (non-hydrogen) atoms. The number of benzene rings is 8. The van der Waals surface area contributed by atoms with E-state index in [4.69, 9.17) is 14.2 Å². The Morgan fingerprint density at radius 3 is 1.13 bits per heavy atom. The van der Waals surface area contributed by atoms with Gasteiger partial charge in [-0.15, -0.1) is 0 Å². The number of rotatable bonds is 12. The number of aromatic nitrogens is 4. The van der Waals surface area contributed by atoms with Gasteiger partial charge in [-0.25, -0.2) is 27.9 Å². The van der Waals surface area contributed by atoms with Gasteiger partial charge in [0.05, 0.1) is 60.4 Å². The Morgan fingerprint density at radius 1 is 0.416 bits per heavy atom. The highest BCUT2D eigenvalue weighted by Crippen LogP contribution is 2.45. The van der Waals surface area contributed by atoms with Crippen molar-refractivity contribution in [2.45, 2.75) is 0 Å². The normalized spacial score (nSPS) is 12.5. The smallest absolute Gasteiger partial charge is 0.343 e. The third-order valence-electron chi connectivity index (χ3n) is 13.4. The van der Waals surface area contributed by atoms with Gasteiger partial charge in [-0.2, -0.15) is 0 Å². The van der Waals surface area contributed by atoms with Crippen LogP contribution in [0.1, 0.15) is 11.1 Å². The summed E-state index contributed by atoms with van der Waals surface area (Å²) in [5, 5.41) is 27.0. The summed E-state index contributed by atoms with van der Waals surface area (Å²) in [6, 6.07) is 57.5. The number of nitrogens with zero attached hydrogens (tertiary/aromatic N) is 6. The molecule has 0 saturated heterocycles. The molecular formula is C62H44N6O9. The third kappa shape index (κ3) is 8.56. The summed E-state index contributed by atoms with van der Waals surface area (Å²) < 4.78 is 23.7. The van der Waals surface area contributed by atoms with Gasteiger partial charge >= 0.3 is 11.4 Å². The summed E-state index contributed by atoms with van der Waals surface area (Å²) in [5.41, 5.74) is 5.69. The number of fused-ring (bicyclic) bond motifs is 6. The lowest BCUT2D eigenvalue weighted by molar-refractivity contribution is 0.146. The second kappa shape index (κ2) is 20.0. The molecule has 0 amide bonds. The van der Waals surface area contributed by atoms with Crippen LogP contribution in [0.4, 0.5) is 11.4 Å². The van der Waals surface area contributed by atoms with Gasteiger partial charge in [-0.1, -0.05) is 145 Å². The molecule has 0 aliphatic carbocycles. The van der Waals surface area contributed by atoms with E-state index in [1.54, 1.807) is 121 Å². The lowest BCUT2D eigenvalue weighted by Gasteiger charge is -2.19. The zero-order valence-corrected chi connectivity index (χ0v) is 40.9. The molecule has 10 aromatic rings. The molecule has 0 atom stereocenters. The molecule has 0 saturated carbocycles. The van der Waals surface area contributed by atoms with Crippen molar-refractivity contribution < 1.29 is 24.4 Å². The maximum atomic E-state index is 14.3. The minimum absolute atomic E-state index is 0.174. The minimum Gasteiger partial charge on any atom is -0.494 e. The van der Waals surface area contributed by atoms with Crippen molar-refractivity contribution in [1.82, 2.24) is 18.3 Å². The van der Waals surface area contributed by atoms with Crippen molar-refractivity contribution in [2.24, 2.45) is 0 Å². The average molecular weight is 1020 g/mol. The molecule has 0 radical (unpaired) electrons. The molecule has 15 nitrogen and oxygen atoms in total. The Bertz CT molecular complexity index is 4070. The van der Waals surface area contributed by atoms with E-state index in [1.807, 2.05) is 82.6 Å². The van der Waals surface area contributed by atoms with Crippen molar-refractivity contribution in [3.8, 4) is 46.0 Å². The van der Waals surface area contributed by atoms with Crippen LogP contribution in [0.2, 0.25) is 0 Å². The first-order valence-corrected chi connectivity index (χ1v) is 24.6. The van der Waals surface area contributed by atoms with Gasteiger partial charge in [0.1, 0.15) is 11.1 Å². The minimum atomic E-state index is -0.754. The zero-order chi connectivity index (χ0) is 52.6. The van der Waals surface area contributed by atoms with Crippen molar-refractivity contribution in [1.29, 1.82) is 0 Å². The van der Waals surface area contributed by atoms with E-state index in [0.29, 0.717) is 34.2 Å². The van der Waals surface area contributed by atoms with Crippen LogP contribution in [-0.2, 0) is 4.74 Å². The van der Waals surface area contributed by atoms with Gasteiger partial charge in [0.15, 0.2) is 11.5 Å². The summed E-state index contributed by atoms with van der Waals surface area (Å²) in [7, 11) is 0. The van der Waals surface area contributed by atoms with Gasteiger partial charge in [0, 0.05) is 22.9 Å². The lowest BCUT2D eigenvalue weighted by atomic mass is 10.1. The monoisotopic (exact) mass is 1020 g/mol. The first kappa shape index (κ1) is 47.4. The highest BCUT2D eigenvalue weighted by Gasteiger charge is 2.31. The molecule has 0 bridgehead atoms. The number of aromatic hydroxyl groups is 2. The van der Waals surface area contributed by atoms with Crippen molar-refractivity contribution in [3.63, 3.8) is 0 Å². The number of anilines is 2. The highest BCUT2D eigenvalue weighted by molar-refractivity contribution is 5.96. The largest absolute Gasteiger partial charge is 0.494 e. The lowest BCUT2D eigenvalue weighted by Crippen LogP contribution is -2.39. The number of ether oxygens (including phenoxy) is 3. The second-order valence-electron chi connectivity index (χ2n) is 17.9. The van der Waals surface area contributed by atoms with Gasteiger partial charge in [0.25, 0.3) is 11.1 Å². The molecule has 2 N–H and O–H groups in total. The second-order valence-corrected chi connectivity index (χ2v) is 17.9. The molecule has 12 rings (SSSR count). The fourth-order valence-corrected chi connectivity index (χ4v) is 9.67. The first-order valence-electron chi connectivity index (χ1n) is 24.6. The predicted molar refractivity (Wildman–Crippen MR) is 296 cm³/mol. The summed E-state index contributed by atoms with van der Waals surface area (Å²) in [6.45, 7) is 0.868. The molecule has 15 heteroatoms.